The standard InChI is InChI=1S/C11H16N4/c1-11(2,9-12)5-7-13-8-10-4-3-6-14-15-10/h3-4,6,13H,5,7-8H2,1-2H3. The number of nitriles is 1. The minimum absolute atomic E-state index is 0.255. The van der Waals surface area contributed by atoms with Gasteiger partial charge in [-0.15, -0.1) is 0 Å². The first-order valence-corrected chi connectivity index (χ1v) is 5.02. The SMILES string of the molecule is CC(C)(C#N)CCNCc1cccnn1. The topological polar surface area (TPSA) is 61.6 Å². The van der Waals surface area contributed by atoms with E-state index in [0.717, 1.165) is 18.7 Å². The molecule has 4 heteroatoms. The van der Waals surface area contributed by atoms with Crippen molar-refractivity contribution in [3.63, 3.8) is 0 Å². The summed E-state index contributed by atoms with van der Waals surface area (Å²) in [4.78, 5) is 0. The first-order chi connectivity index (χ1) is 7.14. The Morgan fingerprint density at radius 3 is 2.93 bits per heavy atom. The highest BCUT2D eigenvalue weighted by molar-refractivity contribution is 4.98. The molecule has 4 nitrogen and oxygen atoms in total. The van der Waals surface area contributed by atoms with E-state index in [4.69, 9.17) is 5.26 Å². The van der Waals surface area contributed by atoms with Crippen molar-refractivity contribution in [2.24, 2.45) is 5.41 Å². The predicted molar refractivity (Wildman–Crippen MR) is 57.7 cm³/mol. The highest BCUT2D eigenvalue weighted by Crippen LogP contribution is 2.17. The van der Waals surface area contributed by atoms with Crippen molar-refractivity contribution in [3.8, 4) is 6.07 Å². The summed E-state index contributed by atoms with van der Waals surface area (Å²) in [5, 5.41) is 19.8. The molecule has 1 aromatic heterocycles. The number of hydrogen-bond acceptors (Lipinski definition) is 4. The first kappa shape index (κ1) is 11.6. The average molecular weight is 204 g/mol. The fraction of sp³-hybridized carbons (Fsp3) is 0.545. The van der Waals surface area contributed by atoms with E-state index in [0.29, 0.717) is 6.54 Å². The molecule has 80 valence electrons. The summed E-state index contributed by atoms with van der Waals surface area (Å²) in [6, 6.07) is 6.06. The number of nitrogens with zero attached hydrogens (tertiary/aromatic N) is 3. The fourth-order valence-electron chi connectivity index (χ4n) is 1.10. The maximum Gasteiger partial charge on any atom is 0.0768 e. The molecule has 0 aliphatic carbocycles. The van der Waals surface area contributed by atoms with E-state index in [1.165, 1.54) is 0 Å². The van der Waals surface area contributed by atoms with Gasteiger partial charge in [-0.2, -0.15) is 15.5 Å². The Kier molecular flexibility index (Phi) is 4.19. The van der Waals surface area contributed by atoms with Crippen LogP contribution in [0.5, 0.6) is 0 Å². The van der Waals surface area contributed by atoms with E-state index in [1.807, 2.05) is 26.0 Å². The van der Waals surface area contributed by atoms with Crippen LogP contribution in [0.2, 0.25) is 0 Å². The molecule has 1 rings (SSSR count). The summed E-state index contributed by atoms with van der Waals surface area (Å²) in [6.45, 7) is 5.40. The summed E-state index contributed by atoms with van der Waals surface area (Å²) >= 11 is 0. The van der Waals surface area contributed by atoms with Crippen LogP contribution in [0.1, 0.15) is 26.0 Å². The van der Waals surface area contributed by atoms with Crippen molar-refractivity contribution in [2.75, 3.05) is 6.54 Å². The highest BCUT2D eigenvalue weighted by atomic mass is 15.1. The van der Waals surface area contributed by atoms with Gasteiger partial charge in [-0.3, -0.25) is 0 Å². The summed E-state index contributed by atoms with van der Waals surface area (Å²) in [7, 11) is 0. The molecule has 0 radical (unpaired) electrons. The molecule has 0 unspecified atom stereocenters. The first-order valence-electron chi connectivity index (χ1n) is 5.02. The smallest absolute Gasteiger partial charge is 0.0768 e. The third kappa shape index (κ3) is 4.52. The Morgan fingerprint density at radius 1 is 1.53 bits per heavy atom. The molecule has 0 aliphatic heterocycles. The minimum atomic E-state index is -0.255. The minimum Gasteiger partial charge on any atom is -0.311 e. The predicted octanol–water partition coefficient (Wildman–Crippen LogP) is 1.51. The maximum absolute atomic E-state index is 8.81. The molecule has 0 spiro atoms. The lowest BCUT2D eigenvalue weighted by Gasteiger charge is -2.14. The number of nitrogens with one attached hydrogen (secondary N) is 1. The van der Waals surface area contributed by atoms with Crippen molar-refractivity contribution in [1.29, 1.82) is 5.26 Å². The van der Waals surface area contributed by atoms with Crippen LogP contribution < -0.4 is 5.32 Å². The third-order valence-corrected chi connectivity index (χ3v) is 2.16. The zero-order chi connectivity index (χ0) is 11.1. The largest absolute Gasteiger partial charge is 0.311 e. The van der Waals surface area contributed by atoms with Crippen LogP contribution in [0, 0.1) is 16.7 Å². The van der Waals surface area contributed by atoms with Gasteiger partial charge in [0, 0.05) is 12.7 Å². The Balaban J connectivity index is 2.21. The molecule has 1 N–H and O–H groups in total. The zero-order valence-corrected chi connectivity index (χ0v) is 9.20. The summed E-state index contributed by atoms with van der Waals surface area (Å²) in [5.41, 5.74) is 0.669. The lowest BCUT2D eigenvalue weighted by atomic mass is 9.91. The van der Waals surface area contributed by atoms with Gasteiger partial charge in [0.15, 0.2) is 0 Å². The van der Waals surface area contributed by atoms with Gasteiger partial charge in [-0.1, -0.05) is 0 Å². The molecule has 0 atom stereocenters. The quantitative estimate of drug-likeness (QED) is 0.738. The van der Waals surface area contributed by atoms with Crippen LogP contribution in [-0.4, -0.2) is 16.7 Å². The number of aromatic nitrogens is 2. The molecule has 0 saturated carbocycles. The van der Waals surface area contributed by atoms with Gasteiger partial charge in [0.2, 0.25) is 0 Å². The number of rotatable bonds is 5. The van der Waals surface area contributed by atoms with Crippen LogP contribution in [0.15, 0.2) is 18.3 Å². The molecule has 0 bridgehead atoms. The van der Waals surface area contributed by atoms with E-state index in [1.54, 1.807) is 6.20 Å². The summed E-state index contributed by atoms with van der Waals surface area (Å²) < 4.78 is 0. The highest BCUT2D eigenvalue weighted by Gasteiger charge is 2.15. The second-order valence-electron chi connectivity index (χ2n) is 4.14. The van der Waals surface area contributed by atoms with Gasteiger partial charge >= 0.3 is 0 Å². The summed E-state index contributed by atoms with van der Waals surface area (Å²) in [6.07, 6.45) is 2.49. The normalized spacial score (nSPS) is 11.0. The second-order valence-corrected chi connectivity index (χ2v) is 4.14. The Morgan fingerprint density at radius 2 is 2.33 bits per heavy atom. The van der Waals surface area contributed by atoms with Crippen molar-refractivity contribution >= 4 is 0 Å². The Hall–Kier alpha value is -1.47. The molecule has 0 aromatic carbocycles. The van der Waals surface area contributed by atoms with Crippen LogP contribution >= 0.6 is 0 Å². The lowest BCUT2D eigenvalue weighted by molar-refractivity contribution is 0.431. The lowest BCUT2D eigenvalue weighted by Crippen LogP contribution is -2.21. The molecule has 0 saturated heterocycles. The van der Waals surface area contributed by atoms with Crippen molar-refractivity contribution in [1.82, 2.24) is 15.5 Å². The molecule has 15 heavy (non-hydrogen) atoms. The van der Waals surface area contributed by atoms with E-state index in [-0.39, 0.29) is 5.41 Å². The zero-order valence-electron chi connectivity index (χ0n) is 9.20. The van der Waals surface area contributed by atoms with Gasteiger partial charge in [0.1, 0.15) is 0 Å². The van der Waals surface area contributed by atoms with Crippen LogP contribution in [0.4, 0.5) is 0 Å². The summed E-state index contributed by atoms with van der Waals surface area (Å²) in [5.74, 6) is 0. The average Bonchev–Trinajstić information content (AvgIpc) is 2.26. The van der Waals surface area contributed by atoms with Crippen LogP contribution in [-0.2, 0) is 6.54 Å². The molecule has 0 amide bonds. The molecule has 1 heterocycles. The Labute approximate surface area is 90.3 Å². The maximum atomic E-state index is 8.81. The van der Waals surface area contributed by atoms with E-state index in [9.17, 15) is 0 Å². The van der Waals surface area contributed by atoms with E-state index in [2.05, 4.69) is 21.6 Å². The van der Waals surface area contributed by atoms with Gasteiger partial charge in [-0.05, 0) is 38.9 Å². The van der Waals surface area contributed by atoms with Crippen molar-refractivity contribution in [2.45, 2.75) is 26.8 Å². The van der Waals surface area contributed by atoms with Gasteiger partial charge in [-0.25, -0.2) is 0 Å². The molecular weight excluding hydrogens is 188 g/mol. The van der Waals surface area contributed by atoms with Gasteiger partial charge < -0.3 is 5.32 Å². The fourth-order valence-corrected chi connectivity index (χ4v) is 1.10. The molecule has 1 aromatic rings. The third-order valence-electron chi connectivity index (χ3n) is 2.16. The van der Waals surface area contributed by atoms with Gasteiger partial charge in [0.25, 0.3) is 0 Å². The second kappa shape index (κ2) is 5.42. The molecule has 0 fully saturated rings. The molecule has 0 aliphatic rings. The van der Waals surface area contributed by atoms with E-state index < -0.39 is 0 Å². The van der Waals surface area contributed by atoms with E-state index >= 15 is 0 Å². The monoisotopic (exact) mass is 204 g/mol. The van der Waals surface area contributed by atoms with Crippen LogP contribution in [0.25, 0.3) is 0 Å². The van der Waals surface area contributed by atoms with Crippen LogP contribution in [0.3, 0.4) is 0 Å². The molecular formula is C11H16N4. The number of hydrogen-bond donors (Lipinski definition) is 1. The van der Waals surface area contributed by atoms with Crippen molar-refractivity contribution in [3.05, 3.63) is 24.0 Å². The van der Waals surface area contributed by atoms with Gasteiger partial charge in [0.05, 0.1) is 17.2 Å². The Bertz CT molecular complexity index is 326. The van der Waals surface area contributed by atoms with Crippen molar-refractivity contribution < 1.29 is 0 Å².